The lowest BCUT2D eigenvalue weighted by atomic mass is 10.1. The smallest absolute Gasteiger partial charge is 0.236 e. The number of aromatic nitrogens is 3. The molecule has 27 heavy (non-hydrogen) atoms. The first kappa shape index (κ1) is 19.5. The Bertz CT molecular complexity index is 936. The summed E-state index contributed by atoms with van der Waals surface area (Å²) in [6, 6.07) is 8.37. The molecule has 3 rings (SSSR count). The number of hydrogen-bond donors (Lipinski definition) is 2. The van der Waals surface area contributed by atoms with E-state index >= 15 is 0 Å². The highest BCUT2D eigenvalue weighted by molar-refractivity contribution is 8.01. The lowest BCUT2D eigenvalue weighted by Crippen LogP contribution is -2.13. The fourth-order valence-corrected chi connectivity index (χ4v) is 4.57. The predicted octanol–water partition coefficient (Wildman–Crippen LogP) is 3.58. The third-order valence-electron chi connectivity index (χ3n) is 3.32. The molecule has 3 aromatic rings. The fourth-order valence-electron chi connectivity index (χ4n) is 2.11. The maximum absolute atomic E-state index is 12.1. The minimum Gasteiger partial charge on any atom is -0.301 e. The number of thiazole rings is 1. The van der Waals surface area contributed by atoms with Crippen LogP contribution in [0.3, 0.4) is 0 Å². The van der Waals surface area contributed by atoms with E-state index in [2.05, 4.69) is 57.0 Å². The van der Waals surface area contributed by atoms with Gasteiger partial charge in [0.05, 0.1) is 5.75 Å². The third-order valence-corrected chi connectivity index (χ3v) is 6.20. The Morgan fingerprint density at radius 1 is 1.07 bits per heavy atom. The van der Waals surface area contributed by atoms with Crippen LogP contribution in [0.15, 0.2) is 34.8 Å². The van der Waals surface area contributed by atoms with Crippen LogP contribution in [0.2, 0.25) is 0 Å². The molecule has 0 aliphatic rings. The Labute approximate surface area is 168 Å². The molecule has 2 N–H and O–H groups in total. The molecule has 0 unspecified atom stereocenters. The number of nitrogens with zero attached hydrogens (tertiary/aromatic N) is 3. The summed E-state index contributed by atoms with van der Waals surface area (Å²) >= 11 is 3.96. The van der Waals surface area contributed by atoms with Crippen LogP contribution in [-0.2, 0) is 16.0 Å². The van der Waals surface area contributed by atoms with Gasteiger partial charge in [0.1, 0.15) is 0 Å². The molecule has 140 valence electrons. The molecule has 1 aromatic carbocycles. The SMILES string of the molecule is CC(=O)Nc1nnc(SCC(=O)Nc2ncc(Cc3ccc(C)cc3)s2)s1. The molecular weight excluding hydrogens is 402 g/mol. The van der Waals surface area contributed by atoms with Crippen molar-refractivity contribution < 1.29 is 9.59 Å². The van der Waals surface area contributed by atoms with Gasteiger partial charge in [0.25, 0.3) is 0 Å². The van der Waals surface area contributed by atoms with Crippen LogP contribution in [0.5, 0.6) is 0 Å². The van der Waals surface area contributed by atoms with Crippen molar-refractivity contribution in [1.29, 1.82) is 0 Å². The van der Waals surface area contributed by atoms with E-state index in [4.69, 9.17) is 0 Å². The lowest BCUT2D eigenvalue weighted by Gasteiger charge is -2.00. The van der Waals surface area contributed by atoms with Crippen molar-refractivity contribution in [2.75, 3.05) is 16.4 Å². The molecule has 0 bridgehead atoms. The summed E-state index contributed by atoms with van der Waals surface area (Å²) in [5, 5.41) is 14.1. The van der Waals surface area contributed by atoms with Gasteiger partial charge in [0.2, 0.25) is 16.9 Å². The van der Waals surface area contributed by atoms with Crippen molar-refractivity contribution in [3.8, 4) is 0 Å². The van der Waals surface area contributed by atoms with Gasteiger partial charge in [-0.1, -0.05) is 52.9 Å². The minimum atomic E-state index is -0.203. The summed E-state index contributed by atoms with van der Waals surface area (Å²) in [5.41, 5.74) is 2.44. The predicted molar refractivity (Wildman–Crippen MR) is 110 cm³/mol. The first-order valence-electron chi connectivity index (χ1n) is 8.02. The summed E-state index contributed by atoms with van der Waals surface area (Å²) < 4.78 is 0.619. The van der Waals surface area contributed by atoms with Crippen LogP contribution >= 0.6 is 34.4 Å². The molecule has 0 spiro atoms. The highest BCUT2D eigenvalue weighted by Crippen LogP contribution is 2.26. The Morgan fingerprint density at radius 2 is 1.85 bits per heavy atom. The molecule has 0 saturated heterocycles. The molecule has 0 aliphatic carbocycles. The third kappa shape index (κ3) is 6.12. The molecule has 0 aliphatic heterocycles. The molecule has 7 nitrogen and oxygen atoms in total. The van der Waals surface area contributed by atoms with E-state index in [1.807, 2.05) is 0 Å². The zero-order valence-corrected chi connectivity index (χ0v) is 17.1. The molecule has 0 atom stereocenters. The summed E-state index contributed by atoms with van der Waals surface area (Å²) in [5.74, 6) is -0.167. The monoisotopic (exact) mass is 419 g/mol. The summed E-state index contributed by atoms with van der Waals surface area (Å²) in [4.78, 5) is 28.4. The van der Waals surface area contributed by atoms with E-state index in [1.54, 1.807) is 6.20 Å². The fraction of sp³-hybridized carbons (Fsp3) is 0.235. The van der Waals surface area contributed by atoms with Crippen LogP contribution in [0.25, 0.3) is 0 Å². The standard InChI is InChI=1S/C17H17N5O2S3/c1-10-3-5-12(6-4-10)7-13-8-18-15(26-13)20-14(24)9-25-17-22-21-16(27-17)19-11(2)23/h3-6,8H,7,9H2,1-2H3,(H,18,20,24)(H,19,21,23). The molecule has 0 radical (unpaired) electrons. The number of carbonyl (C=O) groups is 2. The second kappa shape index (κ2) is 9.07. The number of thioether (sulfide) groups is 1. The first-order valence-corrected chi connectivity index (χ1v) is 10.6. The quantitative estimate of drug-likeness (QED) is 0.449. The van der Waals surface area contributed by atoms with Gasteiger partial charge < -0.3 is 10.6 Å². The number of amides is 2. The van der Waals surface area contributed by atoms with Crippen LogP contribution in [0.1, 0.15) is 22.9 Å². The van der Waals surface area contributed by atoms with Gasteiger partial charge in [-0.05, 0) is 12.5 Å². The summed E-state index contributed by atoms with van der Waals surface area (Å²) in [7, 11) is 0. The minimum absolute atomic E-state index is 0.160. The van der Waals surface area contributed by atoms with Gasteiger partial charge in [-0.2, -0.15) is 0 Å². The van der Waals surface area contributed by atoms with Crippen LogP contribution in [0.4, 0.5) is 10.3 Å². The Balaban J connectivity index is 1.48. The van der Waals surface area contributed by atoms with Crippen molar-refractivity contribution in [2.24, 2.45) is 0 Å². The van der Waals surface area contributed by atoms with E-state index in [1.165, 1.54) is 52.5 Å². The highest BCUT2D eigenvalue weighted by atomic mass is 32.2. The summed E-state index contributed by atoms with van der Waals surface area (Å²) in [6.45, 7) is 3.47. The van der Waals surface area contributed by atoms with E-state index in [9.17, 15) is 9.59 Å². The van der Waals surface area contributed by atoms with Gasteiger partial charge in [-0.25, -0.2) is 4.98 Å². The number of carbonyl (C=O) groups excluding carboxylic acids is 2. The van der Waals surface area contributed by atoms with E-state index in [-0.39, 0.29) is 17.6 Å². The molecule has 10 heteroatoms. The zero-order valence-electron chi connectivity index (χ0n) is 14.7. The van der Waals surface area contributed by atoms with E-state index < -0.39 is 0 Å². The topological polar surface area (TPSA) is 96.9 Å². The molecule has 2 amide bonds. The maximum atomic E-state index is 12.1. The maximum Gasteiger partial charge on any atom is 0.236 e. The van der Waals surface area contributed by atoms with Crippen LogP contribution in [-0.4, -0.2) is 32.7 Å². The molecule has 2 aromatic heterocycles. The number of hydrogen-bond acceptors (Lipinski definition) is 8. The van der Waals surface area contributed by atoms with Crippen molar-refractivity contribution >= 4 is 56.5 Å². The van der Waals surface area contributed by atoms with Crippen molar-refractivity contribution in [3.05, 3.63) is 46.5 Å². The van der Waals surface area contributed by atoms with Gasteiger partial charge in [0.15, 0.2) is 9.47 Å². The average Bonchev–Trinajstić information content (AvgIpc) is 3.24. The van der Waals surface area contributed by atoms with Gasteiger partial charge in [-0.15, -0.1) is 21.5 Å². The first-order chi connectivity index (χ1) is 13.0. The largest absolute Gasteiger partial charge is 0.301 e. The second-order valence-corrected chi connectivity index (χ2v) is 9.00. The van der Waals surface area contributed by atoms with Crippen LogP contribution < -0.4 is 10.6 Å². The molecule has 0 fully saturated rings. The number of anilines is 2. The van der Waals surface area contributed by atoms with Crippen LogP contribution in [0, 0.1) is 6.92 Å². The number of aryl methyl sites for hydroxylation is 1. The molecular formula is C17H17N5O2S3. The molecule has 2 heterocycles. The Morgan fingerprint density at radius 3 is 2.59 bits per heavy atom. The number of rotatable bonds is 7. The van der Waals surface area contributed by atoms with Crippen molar-refractivity contribution in [1.82, 2.24) is 15.2 Å². The average molecular weight is 420 g/mol. The second-order valence-electron chi connectivity index (χ2n) is 5.69. The highest BCUT2D eigenvalue weighted by Gasteiger charge is 2.11. The van der Waals surface area contributed by atoms with Gasteiger partial charge in [0, 0.05) is 24.4 Å². The van der Waals surface area contributed by atoms with E-state index in [0.717, 1.165) is 11.3 Å². The number of benzene rings is 1. The normalized spacial score (nSPS) is 10.6. The molecule has 0 saturated carbocycles. The zero-order chi connectivity index (χ0) is 19.2. The Hall–Kier alpha value is -2.30. The van der Waals surface area contributed by atoms with E-state index in [0.29, 0.717) is 14.6 Å². The summed E-state index contributed by atoms with van der Waals surface area (Å²) in [6.07, 6.45) is 2.58. The van der Waals surface area contributed by atoms with Gasteiger partial charge >= 0.3 is 0 Å². The lowest BCUT2D eigenvalue weighted by molar-refractivity contribution is -0.114. The van der Waals surface area contributed by atoms with Crippen molar-refractivity contribution in [3.63, 3.8) is 0 Å². The Kier molecular flexibility index (Phi) is 6.54. The van der Waals surface area contributed by atoms with Gasteiger partial charge in [-0.3, -0.25) is 9.59 Å². The van der Waals surface area contributed by atoms with Crippen molar-refractivity contribution in [2.45, 2.75) is 24.6 Å². The number of nitrogens with one attached hydrogen (secondary N) is 2.